The number of carbonyl (C=O) groups is 4. The number of hydrogen-bond acceptors (Lipinski definition) is 7. The van der Waals surface area contributed by atoms with Crippen LogP contribution in [-0.4, -0.2) is 86.6 Å². The fourth-order valence-electron chi connectivity index (χ4n) is 6.81. The fraction of sp³-hybridized carbons (Fsp3) is 0.486. The second-order valence-electron chi connectivity index (χ2n) is 13.1. The topological polar surface area (TPSA) is 149 Å². The first kappa shape index (κ1) is 35.7. The first-order valence-electron chi connectivity index (χ1n) is 17.4. The number of nitrogens with zero attached hydrogens (tertiary/aromatic N) is 4. The highest BCUT2D eigenvalue weighted by atomic mass is 16.3. The molecule has 2 heterocycles. The first-order valence-corrected chi connectivity index (χ1v) is 17.4. The van der Waals surface area contributed by atoms with Gasteiger partial charge in [-0.3, -0.25) is 28.8 Å². The Bertz CT molecular complexity index is 1580. The van der Waals surface area contributed by atoms with E-state index in [9.17, 15) is 24.3 Å². The van der Waals surface area contributed by atoms with Gasteiger partial charge in [-0.2, -0.15) is 5.10 Å². The van der Waals surface area contributed by atoms with Crippen LogP contribution in [0.2, 0.25) is 0 Å². The smallest absolute Gasteiger partial charge is 0.270 e. The molecular weight excluding hydrogens is 622 g/mol. The van der Waals surface area contributed by atoms with E-state index in [1.54, 1.807) is 38.4 Å². The van der Waals surface area contributed by atoms with Gasteiger partial charge in [-0.05, 0) is 53.6 Å². The number of amides is 4. The maximum atomic E-state index is 13.7. The molecule has 1 aliphatic heterocycles. The lowest BCUT2D eigenvalue weighted by molar-refractivity contribution is -0.138. The third-order valence-electron chi connectivity index (χ3n) is 9.73. The highest BCUT2D eigenvalue weighted by Crippen LogP contribution is 2.28. The lowest BCUT2D eigenvalue weighted by atomic mass is 9.83. The number of aliphatic hydroxyl groups excluding tert-OH is 1. The minimum absolute atomic E-state index is 0.00719. The molecule has 49 heavy (non-hydrogen) atoms. The molecule has 2 aromatic carbocycles. The van der Waals surface area contributed by atoms with Crippen LogP contribution in [0, 0.1) is 5.92 Å². The van der Waals surface area contributed by atoms with Crippen LogP contribution in [-0.2, 0) is 41.0 Å². The molecule has 1 saturated carbocycles. The third kappa shape index (κ3) is 9.54. The van der Waals surface area contributed by atoms with E-state index in [4.69, 9.17) is 0 Å². The van der Waals surface area contributed by atoms with Crippen molar-refractivity contribution in [1.29, 1.82) is 0 Å². The SMILES string of the molecule is CCC(=O)NC(Cc1ccc(NC(=O)C(NC(=O)c2ccnn2C)C2CCCCC2)cc1)C(=O)N1CCN(Cc2ccccc2CO)CC1. The molecule has 1 saturated heterocycles. The number of aliphatic hydroxyl groups is 1. The first-order chi connectivity index (χ1) is 23.7. The highest BCUT2D eigenvalue weighted by molar-refractivity contribution is 6.00. The molecule has 0 bridgehead atoms. The monoisotopic (exact) mass is 671 g/mol. The number of aryl methyl sites for hydroxylation is 1. The summed E-state index contributed by atoms with van der Waals surface area (Å²) in [7, 11) is 1.69. The number of anilines is 1. The van der Waals surface area contributed by atoms with Gasteiger partial charge in [-0.1, -0.05) is 62.6 Å². The number of hydrogen-bond donors (Lipinski definition) is 4. The summed E-state index contributed by atoms with van der Waals surface area (Å²) in [5.74, 6) is -0.869. The predicted octanol–water partition coefficient (Wildman–Crippen LogP) is 3.01. The summed E-state index contributed by atoms with van der Waals surface area (Å²) in [6, 6.07) is 15.4. The van der Waals surface area contributed by atoms with Crippen molar-refractivity contribution in [2.24, 2.45) is 13.0 Å². The molecule has 4 amide bonds. The van der Waals surface area contributed by atoms with Crippen LogP contribution in [0.5, 0.6) is 0 Å². The van der Waals surface area contributed by atoms with Gasteiger partial charge in [0.15, 0.2) is 0 Å². The molecule has 12 nitrogen and oxygen atoms in total. The van der Waals surface area contributed by atoms with E-state index < -0.39 is 12.1 Å². The molecule has 12 heteroatoms. The van der Waals surface area contributed by atoms with E-state index in [0.717, 1.165) is 48.8 Å². The highest BCUT2D eigenvalue weighted by Gasteiger charge is 2.32. The molecule has 1 aromatic heterocycles. The number of benzene rings is 2. The number of carbonyl (C=O) groups excluding carboxylic acids is 4. The van der Waals surface area contributed by atoms with Gasteiger partial charge in [0.1, 0.15) is 17.8 Å². The van der Waals surface area contributed by atoms with Crippen molar-refractivity contribution in [3.63, 3.8) is 0 Å². The zero-order valence-electron chi connectivity index (χ0n) is 28.6. The Kier molecular flexibility index (Phi) is 12.6. The lowest BCUT2D eigenvalue weighted by Crippen LogP contribution is -2.55. The minimum Gasteiger partial charge on any atom is -0.392 e. The van der Waals surface area contributed by atoms with Gasteiger partial charge in [0.05, 0.1) is 6.61 Å². The number of nitrogens with one attached hydrogen (secondary N) is 3. The van der Waals surface area contributed by atoms with Gasteiger partial charge < -0.3 is 26.0 Å². The summed E-state index contributed by atoms with van der Waals surface area (Å²) < 4.78 is 1.49. The molecule has 2 unspecified atom stereocenters. The van der Waals surface area contributed by atoms with E-state index in [1.807, 2.05) is 41.3 Å². The normalized spacial score (nSPS) is 16.8. The Morgan fingerprint density at radius 3 is 2.22 bits per heavy atom. The molecule has 2 aliphatic rings. The van der Waals surface area contributed by atoms with Gasteiger partial charge >= 0.3 is 0 Å². The summed E-state index contributed by atoms with van der Waals surface area (Å²) in [6.45, 7) is 4.93. The number of piperazine rings is 1. The molecule has 5 rings (SSSR count). The Morgan fingerprint density at radius 1 is 0.898 bits per heavy atom. The molecule has 1 aliphatic carbocycles. The van der Waals surface area contributed by atoms with Crippen LogP contribution < -0.4 is 16.0 Å². The van der Waals surface area contributed by atoms with E-state index >= 15 is 0 Å². The molecule has 3 aromatic rings. The van der Waals surface area contributed by atoms with Crippen molar-refractivity contribution < 1.29 is 24.3 Å². The number of rotatable bonds is 13. The zero-order chi connectivity index (χ0) is 34.8. The summed E-state index contributed by atoms with van der Waals surface area (Å²) in [5, 5.41) is 22.6. The Hall–Kier alpha value is -4.55. The van der Waals surface area contributed by atoms with E-state index in [1.165, 1.54) is 4.68 Å². The van der Waals surface area contributed by atoms with Crippen LogP contribution in [0.4, 0.5) is 5.69 Å². The van der Waals surface area contributed by atoms with Crippen LogP contribution in [0.15, 0.2) is 60.8 Å². The van der Waals surface area contributed by atoms with Crippen molar-refractivity contribution in [2.45, 2.75) is 77.1 Å². The van der Waals surface area contributed by atoms with E-state index in [0.29, 0.717) is 50.5 Å². The standard InChI is InChI=1S/C37H49N7O5/c1-3-33(46)40-31(37(49)44-21-19-43(20-22-44)24-28-11-7-8-12-29(28)25-45)23-26-13-15-30(16-14-26)39-36(48)34(27-9-5-4-6-10-27)41-35(47)32-17-18-38-42(32)2/h7-8,11-18,27,31,34,45H,3-6,9-10,19-25H2,1-2H3,(H,39,48)(H,40,46)(H,41,47). The van der Waals surface area contributed by atoms with E-state index in [-0.39, 0.29) is 42.6 Å². The van der Waals surface area contributed by atoms with Gasteiger partial charge in [-0.25, -0.2) is 0 Å². The maximum absolute atomic E-state index is 13.7. The van der Waals surface area contributed by atoms with Crippen LogP contribution >= 0.6 is 0 Å². The third-order valence-corrected chi connectivity index (χ3v) is 9.73. The average Bonchev–Trinajstić information content (AvgIpc) is 3.57. The second kappa shape index (κ2) is 17.2. The summed E-state index contributed by atoms with van der Waals surface area (Å²) in [5.41, 5.74) is 3.81. The quantitative estimate of drug-likeness (QED) is 0.218. The van der Waals surface area contributed by atoms with Crippen LogP contribution in [0.1, 0.15) is 72.6 Å². The Labute approximate surface area is 288 Å². The average molecular weight is 672 g/mol. The van der Waals surface area contributed by atoms with Crippen molar-refractivity contribution in [2.75, 3.05) is 31.5 Å². The Balaban J connectivity index is 1.20. The minimum atomic E-state index is -0.715. The summed E-state index contributed by atoms with van der Waals surface area (Å²) in [6.07, 6.45) is 7.05. The maximum Gasteiger partial charge on any atom is 0.270 e. The predicted molar refractivity (Wildman–Crippen MR) is 186 cm³/mol. The van der Waals surface area contributed by atoms with Crippen molar-refractivity contribution in [3.8, 4) is 0 Å². The Morgan fingerprint density at radius 2 is 1.59 bits per heavy atom. The summed E-state index contributed by atoms with van der Waals surface area (Å²) in [4.78, 5) is 56.9. The molecule has 2 atom stereocenters. The molecule has 0 radical (unpaired) electrons. The van der Waals surface area contributed by atoms with Crippen molar-refractivity contribution in [1.82, 2.24) is 30.2 Å². The van der Waals surface area contributed by atoms with Crippen molar-refractivity contribution >= 4 is 29.3 Å². The van der Waals surface area contributed by atoms with Gasteiger partial charge in [-0.15, -0.1) is 0 Å². The van der Waals surface area contributed by atoms with Crippen LogP contribution in [0.25, 0.3) is 0 Å². The second-order valence-corrected chi connectivity index (χ2v) is 13.1. The number of aromatic nitrogens is 2. The largest absolute Gasteiger partial charge is 0.392 e. The molecule has 0 spiro atoms. The lowest BCUT2D eigenvalue weighted by Gasteiger charge is -2.37. The molecule has 4 N–H and O–H groups in total. The van der Waals surface area contributed by atoms with Crippen LogP contribution in [0.3, 0.4) is 0 Å². The molecule has 262 valence electrons. The van der Waals surface area contributed by atoms with Crippen molar-refractivity contribution in [3.05, 3.63) is 83.2 Å². The van der Waals surface area contributed by atoms with E-state index in [2.05, 4.69) is 25.9 Å². The van der Waals surface area contributed by atoms with Gasteiger partial charge in [0, 0.05) is 64.5 Å². The summed E-state index contributed by atoms with van der Waals surface area (Å²) >= 11 is 0. The van der Waals surface area contributed by atoms with Gasteiger partial charge in [0.25, 0.3) is 5.91 Å². The molecule has 2 fully saturated rings. The fourth-order valence-corrected chi connectivity index (χ4v) is 6.81. The van der Waals surface area contributed by atoms with Gasteiger partial charge in [0.2, 0.25) is 17.7 Å². The molecular formula is C37H49N7O5. The zero-order valence-corrected chi connectivity index (χ0v) is 28.6.